The van der Waals surface area contributed by atoms with E-state index in [1.807, 2.05) is 36.4 Å². The normalized spacial score (nSPS) is 16.3. The number of allylic oxidation sites excluding steroid dienone is 2. The average molecular weight is 330 g/mol. The molecule has 25 heavy (non-hydrogen) atoms. The Kier molecular flexibility index (Phi) is 4.04. The first-order valence-corrected chi connectivity index (χ1v) is 8.93. The Morgan fingerprint density at radius 2 is 1.32 bits per heavy atom. The second-order valence-corrected chi connectivity index (χ2v) is 7.04. The third-order valence-corrected chi connectivity index (χ3v) is 5.05. The fourth-order valence-corrected chi connectivity index (χ4v) is 3.18. The number of carbonyl (C=O) groups excluding carboxylic acids is 1. The summed E-state index contributed by atoms with van der Waals surface area (Å²) in [6.45, 7) is 8.54. The molecule has 2 aromatic carbocycles. The first-order chi connectivity index (χ1) is 12.1. The number of ether oxygens (including phenoxy) is 1. The molecule has 0 aliphatic heterocycles. The molecule has 0 unspecified atom stereocenters. The maximum Gasteiger partial charge on any atom is 0.343 e. The van der Waals surface area contributed by atoms with Crippen molar-refractivity contribution in [1.82, 2.24) is 0 Å². The first kappa shape index (κ1) is 15.9. The predicted molar refractivity (Wildman–Crippen MR) is 101 cm³/mol. The van der Waals surface area contributed by atoms with E-state index in [2.05, 4.69) is 13.2 Å². The molecule has 126 valence electrons. The third kappa shape index (κ3) is 3.30. The zero-order valence-electron chi connectivity index (χ0n) is 14.3. The molecule has 0 heterocycles. The molecule has 0 amide bonds. The molecule has 0 saturated heterocycles. The van der Waals surface area contributed by atoms with Crippen LogP contribution in [0.25, 0.3) is 11.1 Å². The number of para-hydroxylation sites is 1. The number of esters is 1. The fraction of sp³-hybridized carbons (Fsp3) is 0.261. The first-order valence-electron chi connectivity index (χ1n) is 8.93. The lowest BCUT2D eigenvalue weighted by atomic mass is 9.94. The van der Waals surface area contributed by atoms with E-state index in [1.165, 1.54) is 25.7 Å². The number of hydrogen-bond acceptors (Lipinski definition) is 2. The van der Waals surface area contributed by atoms with E-state index in [1.54, 1.807) is 12.1 Å². The van der Waals surface area contributed by atoms with Gasteiger partial charge in [0.05, 0.1) is 5.56 Å². The molecule has 2 saturated carbocycles. The van der Waals surface area contributed by atoms with Crippen molar-refractivity contribution in [1.29, 1.82) is 0 Å². The summed E-state index contributed by atoms with van der Waals surface area (Å²) in [5.74, 6) is 1.32. The number of carbonyl (C=O) groups is 1. The van der Waals surface area contributed by atoms with Crippen LogP contribution in [-0.2, 0) is 0 Å². The van der Waals surface area contributed by atoms with Crippen LogP contribution in [0.5, 0.6) is 5.75 Å². The van der Waals surface area contributed by atoms with Crippen LogP contribution >= 0.6 is 0 Å². The number of rotatable bonds is 6. The van der Waals surface area contributed by atoms with E-state index < -0.39 is 0 Å². The second-order valence-electron chi connectivity index (χ2n) is 7.04. The Morgan fingerprint density at radius 1 is 0.800 bits per heavy atom. The van der Waals surface area contributed by atoms with E-state index in [9.17, 15) is 4.79 Å². The monoisotopic (exact) mass is 330 g/mol. The van der Waals surface area contributed by atoms with Crippen molar-refractivity contribution in [2.75, 3.05) is 0 Å². The predicted octanol–water partition coefficient (Wildman–Crippen LogP) is 5.75. The lowest BCUT2D eigenvalue weighted by Gasteiger charge is -2.17. The molecule has 2 fully saturated rings. The van der Waals surface area contributed by atoms with Gasteiger partial charge in [-0.3, -0.25) is 0 Å². The zero-order chi connectivity index (χ0) is 17.4. The summed E-state index contributed by atoms with van der Waals surface area (Å²) in [6, 6.07) is 15.2. The van der Waals surface area contributed by atoms with E-state index in [-0.39, 0.29) is 5.97 Å². The van der Waals surface area contributed by atoms with Gasteiger partial charge in [0.25, 0.3) is 0 Å². The van der Waals surface area contributed by atoms with E-state index in [0.29, 0.717) is 23.1 Å². The van der Waals surface area contributed by atoms with Gasteiger partial charge in [0, 0.05) is 11.1 Å². The van der Waals surface area contributed by atoms with E-state index in [4.69, 9.17) is 4.74 Å². The summed E-state index contributed by atoms with van der Waals surface area (Å²) < 4.78 is 5.90. The summed E-state index contributed by atoms with van der Waals surface area (Å²) in [7, 11) is 0. The van der Waals surface area contributed by atoms with Crippen LogP contribution in [0.4, 0.5) is 0 Å². The molecule has 0 N–H and O–H groups in total. The van der Waals surface area contributed by atoms with Gasteiger partial charge in [-0.25, -0.2) is 4.79 Å². The van der Waals surface area contributed by atoms with Gasteiger partial charge < -0.3 is 4.74 Å². The van der Waals surface area contributed by atoms with Crippen molar-refractivity contribution in [3.8, 4) is 5.75 Å². The Bertz CT molecular complexity index is 797. The lowest BCUT2D eigenvalue weighted by molar-refractivity contribution is 0.0733. The molecule has 4 rings (SSSR count). The Balaban J connectivity index is 1.73. The van der Waals surface area contributed by atoms with Crippen LogP contribution in [0, 0.1) is 11.8 Å². The van der Waals surface area contributed by atoms with Crippen LogP contribution in [-0.4, -0.2) is 5.97 Å². The molecule has 0 spiro atoms. The zero-order valence-corrected chi connectivity index (χ0v) is 14.3. The third-order valence-electron chi connectivity index (χ3n) is 5.05. The molecule has 0 aromatic heterocycles. The standard InChI is InChI=1S/C23H22O2/c1-15(17-11-12-17)20-9-6-10-21(16(2)18-13-14-18)22(20)25-23(24)19-7-4-3-5-8-19/h3-10,17-18H,1-2,11-14H2. The minimum absolute atomic E-state index is 0.332. The quantitative estimate of drug-likeness (QED) is 0.498. The summed E-state index contributed by atoms with van der Waals surface area (Å²) in [6.07, 6.45) is 4.66. The van der Waals surface area contributed by atoms with Crippen LogP contribution in [0.3, 0.4) is 0 Å². The maximum atomic E-state index is 12.7. The Labute approximate surface area is 148 Å². The molecule has 2 nitrogen and oxygen atoms in total. The summed E-state index contributed by atoms with van der Waals surface area (Å²) in [5.41, 5.74) is 4.59. The van der Waals surface area contributed by atoms with Crippen molar-refractivity contribution < 1.29 is 9.53 Å². The fourth-order valence-electron chi connectivity index (χ4n) is 3.18. The largest absolute Gasteiger partial charge is 0.422 e. The highest BCUT2D eigenvalue weighted by atomic mass is 16.5. The summed E-state index contributed by atoms with van der Waals surface area (Å²) in [5, 5.41) is 0. The smallest absolute Gasteiger partial charge is 0.343 e. The minimum Gasteiger partial charge on any atom is -0.422 e. The second kappa shape index (κ2) is 6.36. The summed E-state index contributed by atoms with van der Waals surface area (Å²) in [4.78, 5) is 12.7. The van der Waals surface area contributed by atoms with Gasteiger partial charge >= 0.3 is 5.97 Å². The van der Waals surface area contributed by atoms with Crippen molar-refractivity contribution >= 4 is 17.1 Å². The molecule has 0 radical (unpaired) electrons. The SMILES string of the molecule is C=C(c1cccc(C(=C)C2CC2)c1OC(=O)c1ccccc1)C1CC1. The lowest BCUT2D eigenvalue weighted by Crippen LogP contribution is -2.11. The highest BCUT2D eigenvalue weighted by Gasteiger charge is 2.31. The van der Waals surface area contributed by atoms with Gasteiger partial charge in [0.1, 0.15) is 5.75 Å². The van der Waals surface area contributed by atoms with Gasteiger partial charge in [0.15, 0.2) is 0 Å². The number of benzene rings is 2. The van der Waals surface area contributed by atoms with Gasteiger partial charge in [-0.2, -0.15) is 0 Å². The minimum atomic E-state index is -0.332. The molecule has 2 heteroatoms. The van der Waals surface area contributed by atoms with Crippen LogP contribution in [0.15, 0.2) is 61.7 Å². The molecule has 0 bridgehead atoms. The number of hydrogen-bond donors (Lipinski definition) is 0. The highest BCUT2D eigenvalue weighted by Crippen LogP contribution is 2.48. The van der Waals surface area contributed by atoms with E-state index in [0.717, 1.165) is 22.3 Å². The summed E-state index contributed by atoms with van der Waals surface area (Å²) >= 11 is 0. The Hall–Kier alpha value is -2.61. The molecular weight excluding hydrogens is 308 g/mol. The van der Waals surface area contributed by atoms with Gasteiger partial charge in [-0.05, 0) is 60.8 Å². The Morgan fingerprint density at radius 3 is 1.80 bits per heavy atom. The van der Waals surface area contributed by atoms with Gasteiger partial charge in [0.2, 0.25) is 0 Å². The molecular formula is C23H22O2. The van der Waals surface area contributed by atoms with Gasteiger partial charge in [-0.15, -0.1) is 0 Å². The van der Waals surface area contributed by atoms with E-state index >= 15 is 0 Å². The van der Waals surface area contributed by atoms with Crippen molar-refractivity contribution in [3.05, 3.63) is 78.4 Å². The maximum absolute atomic E-state index is 12.7. The van der Waals surface area contributed by atoms with Crippen LogP contribution in [0.2, 0.25) is 0 Å². The molecule has 0 atom stereocenters. The molecule has 2 aliphatic rings. The highest BCUT2D eigenvalue weighted by molar-refractivity contribution is 5.93. The topological polar surface area (TPSA) is 26.3 Å². The molecule has 2 aromatic rings. The van der Waals surface area contributed by atoms with Crippen LogP contribution < -0.4 is 4.74 Å². The van der Waals surface area contributed by atoms with Crippen molar-refractivity contribution in [3.63, 3.8) is 0 Å². The van der Waals surface area contributed by atoms with Gasteiger partial charge in [-0.1, -0.05) is 49.6 Å². The van der Waals surface area contributed by atoms with Crippen LogP contribution in [0.1, 0.15) is 47.2 Å². The average Bonchev–Trinajstić information content (AvgIpc) is 3.53. The van der Waals surface area contributed by atoms with Crippen molar-refractivity contribution in [2.24, 2.45) is 11.8 Å². The van der Waals surface area contributed by atoms with Crippen molar-refractivity contribution in [2.45, 2.75) is 25.7 Å². The molecule has 2 aliphatic carbocycles.